The van der Waals surface area contributed by atoms with Crippen LogP contribution in [0, 0.1) is 11.8 Å². The van der Waals surface area contributed by atoms with Crippen molar-refractivity contribution in [1.82, 2.24) is 4.90 Å². The minimum atomic E-state index is -0.973. The van der Waals surface area contributed by atoms with Crippen LogP contribution in [0.1, 0.15) is 91.9 Å². The van der Waals surface area contributed by atoms with E-state index in [1.54, 1.807) is 0 Å². The van der Waals surface area contributed by atoms with Crippen molar-refractivity contribution in [2.24, 2.45) is 11.8 Å². The summed E-state index contributed by atoms with van der Waals surface area (Å²) >= 11 is 0. The molecule has 158 valence electrons. The third-order valence-corrected chi connectivity index (χ3v) is 4.85. The molecule has 0 rings (SSSR count). The average molecular weight is 402 g/mol. The van der Waals surface area contributed by atoms with Gasteiger partial charge in [0, 0.05) is 19.6 Å². The molecule has 0 aliphatic carbocycles. The maximum Gasteiger partial charge on any atom is 1.00 e. The van der Waals surface area contributed by atoms with E-state index in [2.05, 4.69) is 56.9 Å². The average Bonchev–Trinajstić information content (AvgIpc) is 2.60. The van der Waals surface area contributed by atoms with Gasteiger partial charge in [-0.25, -0.2) is 0 Å². The van der Waals surface area contributed by atoms with Crippen LogP contribution < -0.4 is 34.7 Å². The van der Waals surface area contributed by atoms with Crippen LogP contribution in [0.4, 0.5) is 0 Å². The van der Waals surface area contributed by atoms with Crippen LogP contribution in [-0.4, -0.2) is 30.5 Å². The minimum absolute atomic E-state index is 0. The predicted octanol–water partition coefficient (Wildman–Crippen LogP) is 2.37. The van der Waals surface area contributed by atoms with E-state index in [1.165, 1.54) is 38.5 Å². The summed E-state index contributed by atoms with van der Waals surface area (Å²) in [5, 5.41) is 11.1. The van der Waals surface area contributed by atoms with Gasteiger partial charge >= 0.3 is 29.6 Å². The fraction of sp³-hybridized carbons (Fsp3) is 0.792. The molecule has 2 atom stereocenters. The molecule has 0 saturated carbocycles. The second-order valence-electron chi connectivity index (χ2n) is 8.18. The molecule has 0 saturated heterocycles. The Morgan fingerprint density at radius 3 is 1.61 bits per heavy atom. The van der Waals surface area contributed by atoms with Crippen LogP contribution in [0.15, 0.2) is 24.3 Å². The fourth-order valence-electron chi connectivity index (χ4n) is 3.33. The van der Waals surface area contributed by atoms with Gasteiger partial charge in [-0.2, -0.15) is 0 Å². The molecular weight excluding hydrogens is 357 g/mol. The van der Waals surface area contributed by atoms with Gasteiger partial charge in [-0.1, -0.05) is 77.7 Å². The molecule has 4 heteroatoms. The summed E-state index contributed by atoms with van der Waals surface area (Å²) in [6, 6.07) is 0. The van der Waals surface area contributed by atoms with Crippen molar-refractivity contribution < 1.29 is 39.5 Å². The Bertz CT molecular complexity index is 379. The standard InChI is InChI=1S/C24H45NO2.Na/c1-5-7-9-11-13-15-17-22(3)19-25(21-24(26)27)20-23(4)18-16-14-12-10-8-6-2;/h13-16,22-23H,5-12,17-21H2,1-4H3,(H,26,27);/q;+1/p-1/b15-13+,16-14+;. The molecule has 0 aromatic heterocycles. The van der Waals surface area contributed by atoms with Gasteiger partial charge in [0.05, 0.1) is 5.97 Å². The Kier molecular flexibility index (Phi) is 23.2. The third kappa shape index (κ3) is 20.6. The summed E-state index contributed by atoms with van der Waals surface area (Å²) in [5.41, 5.74) is 0. The van der Waals surface area contributed by atoms with Gasteiger partial charge in [0.25, 0.3) is 0 Å². The van der Waals surface area contributed by atoms with Gasteiger partial charge in [0.1, 0.15) is 0 Å². The molecule has 0 heterocycles. The van der Waals surface area contributed by atoms with Crippen molar-refractivity contribution in [2.75, 3.05) is 19.6 Å². The van der Waals surface area contributed by atoms with Crippen molar-refractivity contribution in [3.8, 4) is 0 Å². The molecule has 2 unspecified atom stereocenters. The smallest absolute Gasteiger partial charge is 0.549 e. The van der Waals surface area contributed by atoms with E-state index in [-0.39, 0.29) is 36.1 Å². The number of rotatable bonds is 18. The summed E-state index contributed by atoms with van der Waals surface area (Å²) in [6.07, 6.45) is 21.1. The summed E-state index contributed by atoms with van der Waals surface area (Å²) in [5.74, 6) is -0.0493. The molecule has 3 nitrogen and oxygen atoms in total. The number of allylic oxidation sites excluding steroid dienone is 4. The van der Waals surface area contributed by atoms with E-state index in [0.717, 1.165) is 38.8 Å². The molecule has 0 fully saturated rings. The van der Waals surface area contributed by atoms with Gasteiger partial charge in [0.2, 0.25) is 0 Å². The molecule has 0 amide bonds. The molecule has 0 N–H and O–H groups in total. The number of nitrogens with zero attached hydrogens (tertiary/aromatic N) is 1. The topological polar surface area (TPSA) is 43.4 Å². The number of carboxylic acids is 1. The molecule has 0 aromatic rings. The Balaban J connectivity index is 0. The number of hydrogen-bond acceptors (Lipinski definition) is 3. The third-order valence-electron chi connectivity index (χ3n) is 4.85. The van der Waals surface area contributed by atoms with E-state index in [1.807, 2.05) is 0 Å². The van der Waals surface area contributed by atoms with Crippen LogP contribution in [0.5, 0.6) is 0 Å². The van der Waals surface area contributed by atoms with E-state index in [4.69, 9.17) is 0 Å². The summed E-state index contributed by atoms with van der Waals surface area (Å²) < 4.78 is 0. The molecule has 0 bridgehead atoms. The Morgan fingerprint density at radius 1 is 0.821 bits per heavy atom. The van der Waals surface area contributed by atoms with Crippen LogP contribution in [0.3, 0.4) is 0 Å². The summed E-state index contributed by atoms with van der Waals surface area (Å²) in [7, 11) is 0. The number of carboxylic acid groups (broad SMARTS) is 1. The van der Waals surface area contributed by atoms with Gasteiger partial charge in [-0.15, -0.1) is 0 Å². The molecule has 28 heavy (non-hydrogen) atoms. The first-order valence-corrected chi connectivity index (χ1v) is 11.2. The predicted molar refractivity (Wildman–Crippen MR) is 116 cm³/mol. The first-order valence-electron chi connectivity index (χ1n) is 11.2. The van der Waals surface area contributed by atoms with Gasteiger partial charge in [0.15, 0.2) is 0 Å². The SMILES string of the molecule is CCCCC/C=C/CC(C)CN(CC(=O)[O-])CC(C)C/C=C/CCCCC.[Na+]. The quantitative estimate of drug-likeness (QED) is 0.201. The van der Waals surface area contributed by atoms with E-state index < -0.39 is 5.97 Å². The molecule has 0 radical (unpaired) electrons. The largest absolute Gasteiger partial charge is 1.00 e. The van der Waals surface area contributed by atoms with E-state index >= 15 is 0 Å². The van der Waals surface area contributed by atoms with Crippen LogP contribution in [0.25, 0.3) is 0 Å². The zero-order chi connectivity index (χ0) is 20.3. The first kappa shape index (κ1) is 30.1. The van der Waals surface area contributed by atoms with Gasteiger partial charge in [-0.05, 0) is 50.4 Å². The second-order valence-corrected chi connectivity index (χ2v) is 8.18. The monoisotopic (exact) mass is 401 g/mol. The number of carbonyl (C=O) groups is 1. The van der Waals surface area contributed by atoms with Crippen molar-refractivity contribution in [3.63, 3.8) is 0 Å². The molecule has 0 spiro atoms. The zero-order valence-corrected chi connectivity index (χ0v) is 21.4. The van der Waals surface area contributed by atoms with Crippen LogP contribution in [-0.2, 0) is 4.79 Å². The fourth-order valence-corrected chi connectivity index (χ4v) is 3.33. The Morgan fingerprint density at radius 2 is 1.25 bits per heavy atom. The normalized spacial score (nSPS) is 13.9. The molecule has 0 aromatic carbocycles. The van der Waals surface area contributed by atoms with Gasteiger partial charge in [-0.3, -0.25) is 4.90 Å². The minimum Gasteiger partial charge on any atom is -0.549 e. The Hall–Kier alpha value is -0.0900. The maximum atomic E-state index is 11.1. The first-order chi connectivity index (χ1) is 13.0. The zero-order valence-electron chi connectivity index (χ0n) is 19.4. The number of carbonyl (C=O) groups excluding carboxylic acids is 1. The summed E-state index contributed by atoms with van der Waals surface area (Å²) in [4.78, 5) is 13.2. The number of unbranched alkanes of at least 4 members (excludes halogenated alkanes) is 6. The van der Waals surface area contributed by atoms with Crippen molar-refractivity contribution in [2.45, 2.75) is 91.9 Å². The van der Waals surface area contributed by atoms with Crippen molar-refractivity contribution in [1.29, 1.82) is 0 Å². The molecule has 0 aliphatic rings. The number of aliphatic carboxylic acids is 1. The van der Waals surface area contributed by atoms with Crippen LogP contribution in [0.2, 0.25) is 0 Å². The summed E-state index contributed by atoms with van der Waals surface area (Å²) in [6.45, 7) is 10.5. The van der Waals surface area contributed by atoms with Crippen molar-refractivity contribution in [3.05, 3.63) is 24.3 Å². The van der Waals surface area contributed by atoms with Crippen LogP contribution >= 0.6 is 0 Å². The number of hydrogen-bond donors (Lipinski definition) is 0. The van der Waals surface area contributed by atoms with E-state index in [9.17, 15) is 9.90 Å². The maximum absolute atomic E-state index is 11.1. The van der Waals surface area contributed by atoms with E-state index in [0.29, 0.717) is 11.8 Å². The second kappa shape index (κ2) is 21.6. The molecule has 0 aliphatic heterocycles. The van der Waals surface area contributed by atoms with Crippen molar-refractivity contribution >= 4 is 5.97 Å². The van der Waals surface area contributed by atoms with Gasteiger partial charge < -0.3 is 9.90 Å². The molecular formula is C24H44NNaO2. The Labute approximate surface area is 197 Å².